The van der Waals surface area contributed by atoms with E-state index in [1.54, 1.807) is 0 Å². The van der Waals surface area contributed by atoms with Gasteiger partial charge in [0.15, 0.2) is 0 Å². The molecule has 2 aliphatic rings. The molecule has 2 aliphatic heterocycles. The maximum atomic E-state index is 12.3. The summed E-state index contributed by atoms with van der Waals surface area (Å²) in [5.41, 5.74) is 8.75. The molecule has 0 radical (unpaired) electrons. The van der Waals surface area contributed by atoms with Crippen molar-refractivity contribution in [3.8, 4) is 5.75 Å². The van der Waals surface area contributed by atoms with Crippen LogP contribution < -0.4 is 10.5 Å². The third-order valence-electron chi connectivity index (χ3n) is 4.39. The van der Waals surface area contributed by atoms with E-state index in [2.05, 4.69) is 12.1 Å². The van der Waals surface area contributed by atoms with Crippen molar-refractivity contribution >= 4 is 5.91 Å². The summed E-state index contributed by atoms with van der Waals surface area (Å²) in [6.07, 6.45) is 3.36. The van der Waals surface area contributed by atoms with E-state index in [0.717, 1.165) is 37.2 Å². The largest absolute Gasteiger partial charge is 0.493 e. The minimum atomic E-state index is 0.000833. The molecule has 2 atom stereocenters. The highest BCUT2D eigenvalue weighted by molar-refractivity contribution is 5.77. The standard InChI is InChI=1S/C16H22N2O2/c1-2-18-15(19)5-3-4-13(17)16(18)12-6-7-14-11(10-12)8-9-20-14/h6-7,10,13,16H,2-5,8-9,17H2,1H3. The molecule has 1 fully saturated rings. The minimum Gasteiger partial charge on any atom is -0.493 e. The van der Waals surface area contributed by atoms with Gasteiger partial charge in [0, 0.05) is 25.4 Å². The van der Waals surface area contributed by atoms with Crippen LogP contribution in [0.25, 0.3) is 0 Å². The van der Waals surface area contributed by atoms with Gasteiger partial charge in [-0.25, -0.2) is 0 Å². The molecule has 2 heterocycles. The van der Waals surface area contributed by atoms with Gasteiger partial charge in [0.05, 0.1) is 12.6 Å². The number of nitrogens with two attached hydrogens (primary N) is 1. The molecule has 108 valence electrons. The fourth-order valence-corrected chi connectivity index (χ4v) is 3.37. The van der Waals surface area contributed by atoms with E-state index >= 15 is 0 Å². The van der Waals surface area contributed by atoms with Crippen molar-refractivity contribution in [3.63, 3.8) is 0 Å². The van der Waals surface area contributed by atoms with Gasteiger partial charge in [-0.05, 0) is 43.0 Å². The highest BCUT2D eigenvalue weighted by Gasteiger charge is 2.32. The molecule has 1 saturated heterocycles. The third-order valence-corrected chi connectivity index (χ3v) is 4.39. The van der Waals surface area contributed by atoms with Gasteiger partial charge >= 0.3 is 0 Å². The molecule has 20 heavy (non-hydrogen) atoms. The Morgan fingerprint density at radius 1 is 1.40 bits per heavy atom. The number of likely N-dealkylation sites (tertiary alicyclic amines) is 1. The Hall–Kier alpha value is -1.55. The van der Waals surface area contributed by atoms with Gasteiger partial charge < -0.3 is 15.4 Å². The Kier molecular flexibility index (Phi) is 3.66. The van der Waals surface area contributed by atoms with Crippen LogP contribution in [-0.4, -0.2) is 30.0 Å². The van der Waals surface area contributed by atoms with Crippen molar-refractivity contribution in [2.24, 2.45) is 5.73 Å². The summed E-state index contributed by atoms with van der Waals surface area (Å²) < 4.78 is 5.55. The summed E-state index contributed by atoms with van der Waals surface area (Å²) in [5, 5.41) is 0. The minimum absolute atomic E-state index is 0.000833. The Morgan fingerprint density at radius 3 is 3.05 bits per heavy atom. The van der Waals surface area contributed by atoms with E-state index in [0.29, 0.717) is 13.0 Å². The molecule has 1 aromatic rings. The normalized spacial score (nSPS) is 26.1. The first-order valence-corrected chi connectivity index (χ1v) is 7.51. The molecule has 0 aliphatic carbocycles. The van der Waals surface area contributed by atoms with Crippen molar-refractivity contribution in [3.05, 3.63) is 29.3 Å². The number of carbonyl (C=O) groups excluding carboxylic acids is 1. The topological polar surface area (TPSA) is 55.6 Å². The average Bonchev–Trinajstić information content (AvgIpc) is 2.85. The molecule has 0 bridgehead atoms. The van der Waals surface area contributed by atoms with Crippen molar-refractivity contribution in [2.45, 2.75) is 44.7 Å². The van der Waals surface area contributed by atoms with Gasteiger partial charge in [0.2, 0.25) is 5.91 Å². The number of fused-ring (bicyclic) bond motifs is 1. The van der Waals surface area contributed by atoms with E-state index < -0.39 is 0 Å². The van der Waals surface area contributed by atoms with Crippen LogP contribution in [0.2, 0.25) is 0 Å². The van der Waals surface area contributed by atoms with Crippen LogP contribution in [-0.2, 0) is 11.2 Å². The molecule has 0 saturated carbocycles. The summed E-state index contributed by atoms with van der Waals surface area (Å²) in [6.45, 7) is 3.50. The van der Waals surface area contributed by atoms with Gasteiger partial charge in [-0.1, -0.05) is 6.07 Å². The number of likely N-dealkylation sites (N-methyl/N-ethyl adjacent to an activating group) is 1. The van der Waals surface area contributed by atoms with Crippen molar-refractivity contribution in [2.75, 3.05) is 13.2 Å². The van der Waals surface area contributed by atoms with Crippen molar-refractivity contribution < 1.29 is 9.53 Å². The summed E-state index contributed by atoms with van der Waals surface area (Å²) in [7, 11) is 0. The number of nitrogens with zero attached hydrogens (tertiary/aromatic N) is 1. The summed E-state index contributed by atoms with van der Waals surface area (Å²) in [4.78, 5) is 14.2. The van der Waals surface area contributed by atoms with E-state index in [4.69, 9.17) is 10.5 Å². The predicted molar refractivity (Wildman–Crippen MR) is 77.6 cm³/mol. The summed E-state index contributed by atoms with van der Waals surface area (Å²) in [6, 6.07) is 6.28. The van der Waals surface area contributed by atoms with Crippen LogP contribution in [0.1, 0.15) is 43.4 Å². The van der Waals surface area contributed by atoms with Crippen LogP contribution in [0.3, 0.4) is 0 Å². The maximum Gasteiger partial charge on any atom is 0.223 e. The summed E-state index contributed by atoms with van der Waals surface area (Å²) >= 11 is 0. The molecular formula is C16H22N2O2. The molecule has 4 heteroatoms. The molecule has 4 nitrogen and oxygen atoms in total. The van der Waals surface area contributed by atoms with E-state index in [1.165, 1.54) is 5.56 Å². The van der Waals surface area contributed by atoms with Crippen LogP contribution in [0.4, 0.5) is 0 Å². The second-order valence-electron chi connectivity index (χ2n) is 5.65. The fraction of sp³-hybridized carbons (Fsp3) is 0.562. The molecule has 2 unspecified atom stereocenters. The number of ether oxygens (including phenoxy) is 1. The first-order valence-electron chi connectivity index (χ1n) is 7.51. The SMILES string of the molecule is CCN1C(=O)CCCC(N)C1c1ccc2c(c1)CCO2. The third kappa shape index (κ3) is 2.29. The molecule has 2 N–H and O–H groups in total. The smallest absolute Gasteiger partial charge is 0.223 e. The molecule has 1 aromatic carbocycles. The lowest BCUT2D eigenvalue weighted by Crippen LogP contribution is -2.42. The van der Waals surface area contributed by atoms with E-state index in [-0.39, 0.29) is 18.0 Å². The Bertz CT molecular complexity index is 515. The number of carbonyl (C=O) groups is 1. The first kappa shape index (κ1) is 13.4. The lowest BCUT2D eigenvalue weighted by atomic mass is 9.94. The van der Waals surface area contributed by atoms with E-state index in [9.17, 15) is 4.79 Å². The fourth-order valence-electron chi connectivity index (χ4n) is 3.37. The molecule has 0 spiro atoms. The van der Waals surface area contributed by atoms with Gasteiger partial charge in [-0.2, -0.15) is 0 Å². The number of amides is 1. The Morgan fingerprint density at radius 2 is 2.25 bits per heavy atom. The van der Waals surface area contributed by atoms with Crippen molar-refractivity contribution in [1.29, 1.82) is 0 Å². The zero-order chi connectivity index (χ0) is 14.1. The Balaban J connectivity index is 1.97. The lowest BCUT2D eigenvalue weighted by Gasteiger charge is -2.33. The number of benzene rings is 1. The van der Waals surface area contributed by atoms with E-state index in [1.807, 2.05) is 17.9 Å². The lowest BCUT2D eigenvalue weighted by molar-refractivity contribution is -0.133. The zero-order valence-electron chi connectivity index (χ0n) is 12.0. The maximum absolute atomic E-state index is 12.3. The predicted octanol–water partition coefficient (Wildman–Crippen LogP) is 2.02. The molecule has 3 rings (SSSR count). The highest BCUT2D eigenvalue weighted by Crippen LogP contribution is 2.34. The van der Waals surface area contributed by atoms with Gasteiger partial charge in [-0.3, -0.25) is 4.79 Å². The second-order valence-corrected chi connectivity index (χ2v) is 5.65. The van der Waals surface area contributed by atoms with Gasteiger partial charge in [-0.15, -0.1) is 0 Å². The summed E-state index contributed by atoms with van der Waals surface area (Å²) in [5.74, 6) is 1.20. The number of hydrogen-bond acceptors (Lipinski definition) is 3. The Labute approximate surface area is 119 Å². The monoisotopic (exact) mass is 274 g/mol. The van der Waals surface area contributed by atoms with Gasteiger partial charge in [0.1, 0.15) is 5.75 Å². The molecule has 1 amide bonds. The van der Waals surface area contributed by atoms with Crippen LogP contribution in [0.15, 0.2) is 18.2 Å². The van der Waals surface area contributed by atoms with Crippen LogP contribution in [0.5, 0.6) is 5.75 Å². The number of rotatable bonds is 2. The van der Waals surface area contributed by atoms with Crippen LogP contribution >= 0.6 is 0 Å². The van der Waals surface area contributed by atoms with Crippen molar-refractivity contribution in [1.82, 2.24) is 4.90 Å². The second kappa shape index (κ2) is 5.44. The quantitative estimate of drug-likeness (QED) is 0.897. The molecular weight excluding hydrogens is 252 g/mol. The molecule has 0 aromatic heterocycles. The average molecular weight is 274 g/mol. The van der Waals surface area contributed by atoms with Gasteiger partial charge in [0.25, 0.3) is 0 Å². The zero-order valence-corrected chi connectivity index (χ0v) is 12.0. The van der Waals surface area contributed by atoms with Crippen LogP contribution in [0, 0.1) is 0 Å². The first-order chi connectivity index (χ1) is 9.70. The highest BCUT2D eigenvalue weighted by atomic mass is 16.5. The number of hydrogen-bond donors (Lipinski definition) is 1.